The van der Waals surface area contributed by atoms with Crippen LogP contribution in [-0.2, 0) is 19.1 Å². The molecule has 7 nitrogen and oxygen atoms in total. The molecule has 0 bridgehead atoms. The molecule has 2 atom stereocenters. The normalized spacial score (nSPS) is 13.5. The number of carboxylic acid groups (broad SMARTS) is 1. The number of ether oxygens (including phenoxy) is 1. The maximum absolute atomic E-state index is 12.6. The lowest BCUT2D eigenvalue weighted by Crippen LogP contribution is -2.40. The van der Waals surface area contributed by atoms with Crippen LogP contribution in [0.3, 0.4) is 0 Å². The first kappa shape index (κ1) is 42.1. The van der Waals surface area contributed by atoms with E-state index in [4.69, 9.17) is 10.5 Å². The van der Waals surface area contributed by atoms with Crippen LogP contribution in [0.4, 0.5) is 0 Å². The molecule has 45 heavy (non-hydrogen) atoms. The Hall–Kier alpha value is -2.93. The van der Waals surface area contributed by atoms with Crippen LogP contribution in [0, 0.1) is 0 Å². The highest BCUT2D eigenvalue weighted by atomic mass is 16.5. The number of aliphatic carboxylic acids is 1. The molecule has 0 aliphatic rings. The van der Waals surface area contributed by atoms with Gasteiger partial charge in [-0.1, -0.05) is 107 Å². The van der Waals surface area contributed by atoms with E-state index in [1.165, 1.54) is 25.7 Å². The molecule has 0 rings (SSSR count). The molecule has 0 heterocycles. The van der Waals surface area contributed by atoms with E-state index in [9.17, 15) is 19.5 Å². The van der Waals surface area contributed by atoms with Gasteiger partial charge < -0.3 is 20.9 Å². The number of hydrogen-bond acceptors (Lipinski definition) is 5. The van der Waals surface area contributed by atoms with Gasteiger partial charge >= 0.3 is 11.9 Å². The van der Waals surface area contributed by atoms with Crippen molar-refractivity contribution in [3.63, 3.8) is 0 Å². The van der Waals surface area contributed by atoms with Crippen LogP contribution in [-0.4, -0.2) is 41.6 Å². The summed E-state index contributed by atoms with van der Waals surface area (Å²) in [5.74, 6) is -1.43. The van der Waals surface area contributed by atoms with Gasteiger partial charge in [0.05, 0.1) is 0 Å². The molecule has 0 aromatic carbocycles. The molecule has 0 aromatic heterocycles. The summed E-state index contributed by atoms with van der Waals surface area (Å²) in [7, 11) is 0. The molecule has 7 heteroatoms. The first-order valence-corrected chi connectivity index (χ1v) is 17.6. The fourth-order valence-corrected chi connectivity index (χ4v) is 4.67. The molecular formula is C38H64N2O5. The zero-order valence-electron chi connectivity index (χ0n) is 28.4. The van der Waals surface area contributed by atoms with E-state index in [1.54, 1.807) is 0 Å². The molecule has 0 spiro atoms. The summed E-state index contributed by atoms with van der Waals surface area (Å²) in [6.07, 6.45) is 38.5. The molecule has 1 amide bonds. The number of amides is 1. The molecule has 2 unspecified atom stereocenters. The number of carbonyl (C=O) groups excluding carboxylic acids is 2. The predicted octanol–water partition coefficient (Wildman–Crippen LogP) is 9.05. The molecule has 0 aliphatic carbocycles. The second-order valence-corrected chi connectivity index (χ2v) is 11.5. The van der Waals surface area contributed by atoms with E-state index < -0.39 is 12.0 Å². The SMILES string of the molecule is CC/C=C\C/C=C\C/C=C\C/C=C\CCC(=O)OC(/C=C\CCCCCCC)CCCCCCC(=O)NC(CCCN)C(=O)O. The van der Waals surface area contributed by atoms with Crippen molar-refractivity contribution in [3.05, 3.63) is 60.8 Å². The summed E-state index contributed by atoms with van der Waals surface area (Å²) < 4.78 is 5.83. The maximum Gasteiger partial charge on any atom is 0.326 e. The van der Waals surface area contributed by atoms with Crippen molar-refractivity contribution < 1.29 is 24.2 Å². The van der Waals surface area contributed by atoms with E-state index in [0.717, 1.165) is 64.2 Å². The van der Waals surface area contributed by atoms with Gasteiger partial charge in [-0.05, 0) is 89.7 Å². The van der Waals surface area contributed by atoms with Crippen LogP contribution < -0.4 is 11.1 Å². The van der Waals surface area contributed by atoms with Gasteiger partial charge in [-0.3, -0.25) is 9.59 Å². The monoisotopic (exact) mass is 628 g/mol. The third kappa shape index (κ3) is 29.5. The Bertz CT molecular complexity index is 891. The number of esters is 1. The van der Waals surface area contributed by atoms with Crippen LogP contribution in [0.25, 0.3) is 0 Å². The Morgan fingerprint density at radius 3 is 1.96 bits per heavy atom. The van der Waals surface area contributed by atoms with Crippen molar-refractivity contribution in [2.75, 3.05) is 6.54 Å². The average molecular weight is 629 g/mol. The maximum atomic E-state index is 12.6. The number of hydrogen-bond donors (Lipinski definition) is 3. The molecule has 0 aromatic rings. The van der Waals surface area contributed by atoms with Gasteiger partial charge in [0.1, 0.15) is 12.1 Å². The van der Waals surface area contributed by atoms with Gasteiger partial charge in [0.15, 0.2) is 0 Å². The van der Waals surface area contributed by atoms with Crippen molar-refractivity contribution >= 4 is 17.8 Å². The van der Waals surface area contributed by atoms with E-state index in [1.807, 2.05) is 12.2 Å². The topological polar surface area (TPSA) is 119 Å². The van der Waals surface area contributed by atoms with Crippen LogP contribution in [0.5, 0.6) is 0 Å². The molecule has 0 aliphatic heterocycles. The lowest BCUT2D eigenvalue weighted by atomic mass is 10.1. The summed E-state index contributed by atoms with van der Waals surface area (Å²) in [5.41, 5.74) is 5.46. The number of carbonyl (C=O) groups is 3. The number of allylic oxidation sites excluding steroid dienone is 9. The van der Waals surface area contributed by atoms with Crippen LogP contribution >= 0.6 is 0 Å². The standard InChI is InChI=1S/C38H64N2O5/c1-3-5-7-9-11-12-13-14-15-16-18-20-26-32-37(42)45-34(28-23-19-17-10-8-6-4-2)29-24-21-22-25-31-36(41)40-35(38(43)44)30-27-33-39/h5,7,11-12,14-15,18,20,23,28,34-35H,3-4,6,8-10,13,16-17,19,21-22,24-27,29-33,39H2,1-2H3,(H,40,41)(H,43,44)/b7-5-,12-11-,15-14-,20-18-,28-23-. The number of nitrogens with two attached hydrogens (primary N) is 1. The summed E-state index contributed by atoms with van der Waals surface area (Å²) in [5, 5.41) is 11.9. The van der Waals surface area contributed by atoms with Gasteiger partial charge in [0.25, 0.3) is 0 Å². The minimum Gasteiger partial charge on any atom is -0.480 e. The van der Waals surface area contributed by atoms with Gasteiger partial charge in [-0.15, -0.1) is 0 Å². The Morgan fingerprint density at radius 2 is 1.31 bits per heavy atom. The van der Waals surface area contributed by atoms with Crippen LogP contribution in [0.15, 0.2) is 60.8 Å². The Balaban J connectivity index is 4.47. The van der Waals surface area contributed by atoms with E-state index >= 15 is 0 Å². The average Bonchev–Trinajstić information content (AvgIpc) is 3.02. The van der Waals surface area contributed by atoms with Crippen molar-refractivity contribution in [3.8, 4) is 0 Å². The number of unbranched alkanes of at least 4 members (excludes halogenated alkanes) is 8. The van der Waals surface area contributed by atoms with Crippen molar-refractivity contribution in [2.24, 2.45) is 5.73 Å². The largest absolute Gasteiger partial charge is 0.480 e. The summed E-state index contributed by atoms with van der Waals surface area (Å²) in [6.45, 7) is 4.75. The van der Waals surface area contributed by atoms with Gasteiger partial charge in [-0.2, -0.15) is 0 Å². The molecule has 0 fully saturated rings. The molecule has 0 saturated carbocycles. The third-order valence-corrected chi connectivity index (χ3v) is 7.31. The van der Waals surface area contributed by atoms with E-state index in [-0.39, 0.29) is 18.0 Å². The molecule has 0 radical (unpaired) electrons. The fraction of sp³-hybridized carbons (Fsp3) is 0.658. The smallest absolute Gasteiger partial charge is 0.326 e. The van der Waals surface area contributed by atoms with Crippen molar-refractivity contribution in [2.45, 2.75) is 154 Å². The van der Waals surface area contributed by atoms with E-state index in [0.29, 0.717) is 45.1 Å². The quantitative estimate of drug-likeness (QED) is 0.0415. The van der Waals surface area contributed by atoms with Gasteiger partial charge in [0.2, 0.25) is 5.91 Å². The second kappa shape index (κ2) is 32.5. The lowest BCUT2D eigenvalue weighted by molar-refractivity contribution is -0.147. The summed E-state index contributed by atoms with van der Waals surface area (Å²) >= 11 is 0. The first-order valence-electron chi connectivity index (χ1n) is 17.6. The fourth-order valence-electron chi connectivity index (χ4n) is 4.67. The number of rotatable bonds is 30. The first-order chi connectivity index (χ1) is 21.9. The van der Waals surface area contributed by atoms with Crippen molar-refractivity contribution in [1.29, 1.82) is 0 Å². The predicted molar refractivity (Wildman–Crippen MR) is 188 cm³/mol. The highest BCUT2D eigenvalue weighted by molar-refractivity contribution is 5.83. The third-order valence-electron chi connectivity index (χ3n) is 7.31. The Kier molecular flexibility index (Phi) is 30.3. The van der Waals surface area contributed by atoms with Crippen LogP contribution in [0.1, 0.15) is 142 Å². The number of nitrogens with one attached hydrogen (secondary N) is 1. The lowest BCUT2D eigenvalue weighted by Gasteiger charge is -2.15. The molecular weight excluding hydrogens is 564 g/mol. The summed E-state index contributed by atoms with van der Waals surface area (Å²) in [4.78, 5) is 36.0. The Morgan fingerprint density at radius 1 is 0.689 bits per heavy atom. The minimum absolute atomic E-state index is 0.172. The zero-order chi connectivity index (χ0) is 33.2. The molecule has 256 valence electrons. The van der Waals surface area contributed by atoms with Gasteiger partial charge in [0, 0.05) is 12.8 Å². The molecule has 4 N–H and O–H groups in total. The van der Waals surface area contributed by atoms with Crippen LogP contribution in [0.2, 0.25) is 0 Å². The van der Waals surface area contributed by atoms with Crippen molar-refractivity contribution in [1.82, 2.24) is 5.32 Å². The summed E-state index contributed by atoms with van der Waals surface area (Å²) in [6, 6.07) is -0.877. The minimum atomic E-state index is -1.02. The Labute approximate surface area is 274 Å². The highest BCUT2D eigenvalue weighted by Crippen LogP contribution is 2.14. The molecule has 0 saturated heterocycles. The second-order valence-electron chi connectivity index (χ2n) is 11.5. The number of carboxylic acids is 1. The highest BCUT2D eigenvalue weighted by Gasteiger charge is 2.18. The van der Waals surface area contributed by atoms with E-state index in [2.05, 4.69) is 67.8 Å². The van der Waals surface area contributed by atoms with Gasteiger partial charge in [-0.25, -0.2) is 4.79 Å². The zero-order valence-corrected chi connectivity index (χ0v) is 28.4.